The molecule has 1 saturated carbocycles. The molecule has 0 aromatic heterocycles. The van der Waals surface area contributed by atoms with Crippen LogP contribution in [0.2, 0.25) is 0 Å². The Morgan fingerprint density at radius 2 is 2.00 bits per heavy atom. The molecule has 0 amide bonds. The van der Waals surface area contributed by atoms with Crippen LogP contribution in [-0.2, 0) is 4.79 Å². The van der Waals surface area contributed by atoms with E-state index in [1.54, 1.807) is 7.11 Å². The molecule has 1 N–H and O–H groups in total. The van der Waals surface area contributed by atoms with Gasteiger partial charge in [-0.15, -0.1) is 0 Å². The predicted molar refractivity (Wildman–Crippen MR) is 59.2 cm³/mol. The van der Waals surface area contributed by atoms with Crippen LogP contribution in [0.15, 0.2) is 24.3 Å². The van der Waals surface area contributed by atoms with E-state index >= 15 is 0 Å². The summed E-state index contributed by atoms with van der Waals surface area (Å²) in [7, 11) is 1.60. The fourth-order valence-corrected chi connectivity index (χ4v) is 1.38. The summed E-state index contributed by atoms with van der Waals surface area (Å²) in [5.74, 6) is 5.68. The Labute approximate surface area is 94.0 Å². The van der Waals surface area contributed by atoms with Gasteiger partial charge < -0.3 is 9.84 Å². The lowest BCUT2D eigenvalue weighted by molar-refractivity contribution is -0.141. The molecule has 0 spiro atoms. The van der Waals surface area contributed by atoms with Gasteiger partial charge in [-0.3, -0.25) is 4.79 Å². The molecule has 1 aromatic carbocycles. The molecule has 3 nitrogen and oxygen atoms in total. The molecule has 0 atom stereocenters. The average molecular weight is 216 g/mol. The van der Waals surface area contributed by atoms with E-state index in [4.69, 9.17) is 9.84 Å². The molecule has 0 aliphatic heterocycles. The minimum atomic E-state index is -0.812. The number of aliphatic carboxylic acids is 1. The summed E-state index contributed by atoms with van der Waals surface area (Å²) in [6, 6.07) is 7.27. The van der Waals surface area contributed by atoms with Gasteiger partial charge in [-0.05, 0) is 37.1 Å². The topological polar surface area (TPSA) is 46.5 Å². The monoisotopic (exact) mass is 216 g/mol. The molecule has 3 heteroatoms. The van der Waals surface area contributed by atoms with Crippen molar-refractivity contribution in [2.24, 2.45) is 5.41 Å². The maximum atomic E-state index is 10.9. The van der Waals surface area contributed by atoms with Gasteiger partial charge in [0.15, 0.2) is 0 Å². The molecule has 1 aromatic rings. The van der Waals surface area contributed by atoms with Gasteiger partial charge in [0.2, 0.25) is 0 Å². The first-order valence-corrected chi connectivity index (χ1v) is 5.07. The molecule has 0 bridgehead atoms. The molecule has 0 radical (unpaired) electrons. The van der Waals surface area contributed by atoms with Crippen LogP contribution in [0, 0.1) is 17.3 Å². The summed E-state index contributed by atoms with van der Waals surface area (Å²) in [5, 5.41) is 8.94. The molecule has 1 aliphatic rings. The summed E-state index contributed by atoms with van der Waals surface area (Å²) >= 11 is 0. The zero-order valence-corrected chi connectivity index (χ0v) is 8.99. The second-order valence-corrected chi connectivity index (χ2v) is 3.87. The third-order valence-corrected chi connectivity index (χ3v) is 2.70. The number of carbonyl (C=O) groups is 1. The van der Waals surface area contributed by atoms with Gasteiger partial charge in [-0.2, -0.15) is 0 Å². The van der Waals surface area contributed by atoms with Crippen molar-refractivity contribution in [2.75, 3.05) is 7.11 Å². The Morgan fingerprint density at radius 1 is 1.38 bits per heavy atom. The average Bonchev–Trinajstić information content (AvgIpc) is 3.08. The molecule has 1 aliphatic carbocycles. The van der Waals surface area contributed by atoms with Crippen LogP contribution in [-0.4, -0.2) is 18.2 Å². The summed E-state index contributed by atoms with van der Waals surface area (Å²) < 4.78 is 5.02. The quantitative estimate of drug-likeness (QED) is 0.768. The molecular weight excluding hydrogens is 204 g/mol. The molecule has 16 heavy (non-hydrogen) atoms. The first-order chi connectivity index (χ1) is 7.66. The van der Waals surface area contributed by atoms with Crippen molar-refractivity contribution in [2.45, 2.75) is 12.8 Å². The summed E-state index contributed by atoms with van der Waals surface area (Å²) in [4.78, 5) is 10.9. The molecule has 0 unspecified atom stereocenters. The van der Waals surface area contributed by atoms with Crippen LogP contribution in [0.25, 0.3) is 0 Å². The molecule has 1 fully saturated rings. The number of hydrogen-bond acceptors (Lipinski definition) is 2. The Kier molecular flexibility index (Phi) is 2.57. The summed E-state index contributed by atoms with van der Waals surface area (Å²) in [6.45, 7) is 0. The number of carboxylic acids is 1. The van der Waals surface area contributed by atoms with Crippen molar-refractivity contribution < 1.29 is 14.6 Å². The predicted octanol–water partition coefficient (Wildman–Crippen LogP) is 1.91. The first kappa shape index (κ1) is 10.6. The molecule has 82 valence electrons. The largest absolute Gasteiger partial charge is 0.497 e. The van der Waals surface area contributed by atoms with E-state index < -0.39 is 11.4 Å². The SMILES string of the molecule is COc1ccc(C#CC2(C(=O)O)CC2)cc1. The minimum absolute atomic E-state index is 0.658. The number of rotatable bonds is 2. The van der Waals surface area contributed by atoms with E-state index in [2.05, 4.69) is 11.8 Å². The Balaban J connectivity index is 2.15. The second-order valence-electron chi connectivity index (χ2n) is 3.87. The van der Waals surface area contributed by atoms with Crippen molar-refractivity contribution >= 4 is 5.97 Å². The summed E-state index contributed by atoms with van der Waals surface area (Å²) in [6.07, 6.45) is 1.32. The number of hydrogen-bond donors (Lipinski definition) is 1. The zero-order chi connectivity index (χ0) is 11.6. The lowest BCUT2D eigenvalue weighted by atomic mass is 10.1. The van der Waals surface area contributed by atoms with Crippen LogP contribution < -0.4 is 4.74 Å². The molecule has 2 rings (SSSR count). The van der Waals surface area contributed by atoms with Crippen LogP contribution in [0.1, 0.15) is 18.4 Å². The lowest BCUT2D eigenvalue weighted by Gasteiger charge is -1.99. The normalized spacial score (nSPS) is 15.8. The van der Waals surface area contributed by atoms with Gasteiger partial charge >= 0.3 is 5.97 Å². The molecule has 0 saturated heterocycles. The first-order valence-electron chi connectivity index (χ1n) is 5.07. The highest BCUT2D eigenvalue weighted by Crippen LogP contribution is 2.45. The van der Waals surface area contributed by atoms with E-state index in [1.807, 2.05) is 24.3 Å². The minimum Gasteiger partial charge on any atom is -0.497 e. The lowest BCUT2D eigenvalue weighted by Crippen LogP contribution is -2.11. The highest BCUT2D eigenvalue weighted by Gasteiger charge is 2.49. The highest BCUT2D eigenvalue weighted by atomic mass is 16.5. The Bertz CT molecular complexity index is 458. The highest BCUT2D eigenvalue weighted by molar-refractivity contribution is 5.82. The van der Waals surface area contributed by atoms with Crippen LogP contribution in [0.4, 0.5) is 0 Å². The van der Waals surface area contributed by atoms with Gasteiger partial charge in [-0.1, -0.05) is 11.8 Å². The van der Waals surface area contributed by atoms with E-state index in [0.29, 0.717) is 12.8 Å². The maximum absolute atomic E-state index is 10.9. The Hall–Kier alpha value is -1.95. The third-order valence-electron chi connectivity index (χ3n) is 2.70. The van der Waals surface area contributed by atoms with Crippen molar-refractivity contribution in [3.05, 3.63) is 29.8 Å². The standard InChI is InChI=1S/C13H12O3/c1-16-11-4-2-10(3-5-11)6-7-13(8-9-13)12(14)15/h2-5H,8-9H2,1H3,(H,14,15). The van der Waals surface area contributed by atoms with Crippen molar-refractivity contribution in [3.8, 4) is 17.6 Å². The molecular formula is C13H12O3. The van der Waals surface area contributed by atoms with Crippen LogP contribution in [0.3, 0.4) is 0 Å². The fourth-order valence-electron chi connectivity index (χ4n) is 1.38. The number of carboxylic acid groups (broad SMARTS) is 1. The van der Waals surface area contributed by atoms with Crippen molar-refractivity contribution in [1.82, 2.24) is 0 Å². The number of methoxy groups -OCH3 is 1. The maximum Gasteiger partial charge on any atom is 0.321 e. The van der Waals surface area contributed by atoms with E-state index in [1.165, 1.54) is 0 Å². The van der Waals surface area contributed by atoms with Crippen molar-refractivity contribution in [1.29, 1.82) is 0 Å². The van der Waals surface area contributed by atoms with Gasteiger partial charge in [-0.25, -0.2) is 0 Å². The van der Waals surface area contributed by atoms with Crippen LogP contribution in [0.5, 0.6) is 5.75 Å². The molecule has 0 heterocycles. The van der Waals surface area contributed by atoms with Gasteiger partial charge in [0.05, 0.1) is 7.11 Å². The van der Waals surface area contributed by atoms with Crippen LogP contribution >= 0.6 is 0 Å². The number of ether oxygens (including phenoxy) is 1. The zero-order valence-electron chi connectivity index (χ0n) is 8.99. The van der Waals surface area contributed by atoms with E-state index in [0.717, 1.165) is 11.3 Å². The second kappa shape index (κ2) is 3.90. The van der Waals surface area contributed by atoms with Gasteiger partial charge in [0.1, 0.15) is 11.2 Å². The Morgan fingerprint density at radius 3 is 2.44 bits per heavy atom. The van der Waals surface area contributed by atoms with Gasteiger partial charge in [0, 0.05) is 5.56 Å². The van der Waals surface area contributed by atoms with E-state index in [9.17, 15) is 4.79 Å². The van der Waals surface area contributed by atoms with E-state index in [-0.39, 0.29) is 0 Å². The number of benzene rings is 1. The smallest absolute Gasteiger partial charge is 0.321 e. The fraction of sp³-hybridized carbons (Fsp3) is 0.308. The van der Waals surface area contributed by atoms with Gasteiger partial charge in [0.25, 0.3) is 0 Å². The van der Waals surface area contributed by atoms with Crippen molar-refractivity contribution in [3.63, 3.8) is 0 Å². The third kappa shape index (κ3) is 2.01. The summed E-state index contributed by atoms with van der Waals surface area (Å²) in [5.41, 5.74) is 0.0354.